The first kappa shape index (κ1) is 16.3. The third-order valence-electron chi connectivity index (χ3n) is 4.24. The van der Waals surface area contributed by atoms with Crippen LogP contribution in [0.25, 0.3) is 11.1 Å². The number of carbonyl (C=O) groups is 1. The molecule has 0 saturated carbocycles. The number of carbonyl (C=O) groups excluding carboxylic acids is 1. The molecule has 3 N–H and O–H groups in total. The van der Waals surface area contributed by atoms with Gasteiger partial charge in [0, 0.05) is 5.56 Å². The molecule has 0 unspecified atom stereocenters. The van der Waals surface area contributed by atoms with E-state index in [0.29, 0.717) is 22.6 Å². The molecule has 1 heterocycles. The van der Waals surface area contributed by atoms with Crippen molar-refractivity contribution in [2.45, 2.75) is 18.9 Å². The Morgan fingerprint density at radius 3 is 2.46 bits per heavy atom. The minimum atomic E-state index is -0.480. The van der Waals surface area contributed by atoms with E-state index in [9.17, 15) is 4.79 Å². The molecule has 3 rings (SSSR count). The van der Waals surface area contributed by atoms with Crippen molar-refractivity contribution in [2.75, 3.05) is 20.2 Å². The number of hydrogen-bond donors (Lipinski definition) is 2. The van der Waals surface area contributed by atoms with Gasteiger partial charge in [-0.1, -0.05) is 30.3 Å². The van der Waals surface area contributed by atoms with Crippen LogP contribution in [0.15, 0.2) is 42.5 Å². The molecule has 0 aliphatic carbocycles. The zero-order valence-electron chi connectivity index (χ0n) is 13.7. The minimum Gasteiger partial charge on any atom is -0.493 e. The highest BCUT2D eigenvalue weighted by atomic mass is 16.5. The number of amides is 1. The van der Waals surface area contributed by atoms with Crippen molar-refractivity contribution in [3.63, 3.8) is 0 Å². The highest BCUT2D eigenvalue weighted by Crippen LogP contribution is 2.41. The molecule has 0 aromatic heterocycles. The van der Waals surface area contributed by atoms with Crippen LogP contribution in [-0.2, 0) is 0 Å². The summed E-state index contributed by atoms with van der Waals surface area (Å²) in [6.07, 6.45) is 1.92. The van der Waals surface area contributed by atoms with Crippen LogP contribution in [-0.4, -0.2) is 32.2 Å². The molecule has 1 amide bonds. The number of primary amides is 1. The van der Waals surface area contributed by atoms with Crippen LogP contribution in [0, 0.1) is 0 Å². The maximum Gasteiger partial charge on any atom is 0.249 e. The fraction of sp³-hybridized carbons (Fsp3) is 0.316. The quantitative estimate of drug-likeness (QED) is 0.886. The fourth-order valence-electron chi connectivity index (χ4n) is 3.02. The van der Waals surface area contributed by atoms with E-state index >= 15 is 0 Å². The molecule has 0 atom stereocenters. The van der Waals surface area contributed by atoms with E-state index in [1.807, 2.05) is 30.3 Å². The summed E-state index contributed by atoms with van der Waals surface area (Å²) in [7, 11) is 1.60. The van der Waals surface area contributed by atoms with E-state index in [1.165, 1.54) is 0 Å². The van der Waals surface area contributed by atoms with E-state index in [0.717, 1.165) is 31.5 Å². The van der Waals surface area contributed by atoms with Crippen molar-refractivity contribution in [3.05, 3.63) is 48.0 Å². The zero-order chi connectivity index (χ0) is 16.9. The molecular formula is C19H22N2O3. The van der Waals surface area contributed by atoms with E-state index in [-0.39, 0.29) is 6.10 Å². The largest absolute Gasteiger partial charge is 0.493 e. The Balaban J connectivity index is 2.12. The summed E-state index contributed by atoms with van der Waals surface area (Å²) in [5.74, 6) is 0.718. The average molecular weight is 326 g/mol. The normalized spacial score (nSPS) is 15.0. The number of nitrogens with one attached hydrogen (secondary N) is 1. The van der Waals surface area contributed by atoms with Gasteiger partial charge in [-0.05, 0) is 43.6 Å². The van der Waals surface area contributed by atoms with Crippen molar-refractivity contribution in [1.29, 1.82) is 0 Å². The SMILES string of the molecule is COc1ccc(C(N)=O)c(-c2ccccc2)c1OC1CCNCC1. The first-order chi connectivity index (χ1) is 11.7. The van der Waals surface area contributed by atoms with Crippen LogP contribution in [0.4, 0.5) is 0 Å². The average Bonchev–Trinajstić information content (AvgIpc) is 2.62. The summed E-state index contributed by atoms with van der Waals surface area (Å²) in [4.78, 5) is 12.0. The third-order valence-corrected chi connectivity index (χ3v) is 4.24. The van der Waals surface area contributed by atoms with Gasteiger partial charge in [0.1, 0.15) is 6.10 Å². The number of nitrogens with two attached hydrogens (primary N) is 1. The van der Waals surface area contributed by atoms with Crippen molar-refractivity contribution in [2.24, 2.45) is 5.73 Å². The Kier molecular flexibility index (Phi) is 5.01. The van der Waals surface area contributed by atoms with Crippen LogP contribution < -0.4 is 20.5 Å². The predicted octanol–water partition coefficient (Wildman–Crippen LogP) is 2.59. The standard InChI is InChI=1S/C19H22N2O3/c1-23-16-8-7-15(19(20)22)17(13-5-3-2-4-6-13)18(16)24-14-9-11-21-12-10-14/h2-8,14,21H,9-12H2,1H3,(H2,20,22). The highest BCUT2D eigenvalue weighted by Gasteiger charge is 2.23. The van der Waals surface area contributed by atoms with Crippen LogP contribution in [0.1, 0.15) is 23.2 Å². The number of benzene rings is 2. The fourth-order valence-corrected chi connectivity index (χ4v) is 3.02. The lowest BCUT2D eigenvalue weighted by atomic mass is 9.97. The number of rotatable bonds is 5. The molecule has 126 valence electrons. The van der Waals surface area contributed by atoms with Gasteiger partial charge in [-0.3, -0.25) is 4.79 Å². The molecule has 24 heavy (non-hydrogen) atoms. The van der Waals surface area contributed by atoms with Crippen molar-refractivity contribution in [1.82, 2.24) is 5.32 Å². The third kappa shape index (κ3) is 3.36. The second-order valence-electron chi connectivity index (χ2n) is 5.82. The molecule has 1 aliphatic heterocycles. The molecule has 1 saturated heterocycles. The van der Waals surface area contributed by atoms with Gasteiger partial charge in [-0.2, -0.15) is 0 Å². The van der Waals surface area contributed by atoms with E-state index in [1.54, 1.807) is 19.2 Å². The van der Waals surface area contributed by atoms with Gasteiger partial charge in [0.2, 0.25) is 5.91 Å². The van der Waals surface area contributed by atoms with Crippen LogP contribution in [0.5, 0.6) is 11.5 Å². The Morgan fingerprint density at radius 1 is 1.12 bits per heavy atom. The summed E-state index contributed by atoms with van der Waals surface area (Å²) in [5.41, 5.74) is 7.62. The molecule has 0 bridgehead atoms. The Morgan fingerprint density at radius 2 is 1.83 bits per heavy atom. The smallest absolute Gasteiger partial charge is 0.249 e. The molecule has 2 aromatic rings. The lowest BCUT2D eigenvalue weighted by Crippen LogP contribution is -2.34. The first-order valence-electron chi connectivity index (χ1n) is 8.14. The maximum atomic E-state index is 12.0. The van der Waals surface area contributed by atoms with Crippen molar-refractivity contribution < 1.29 is 14.3 Å². The monoisotopic (exact) mass is 326 g/mol. The minimum absolute atomic E-state index is 0.0886. The molecule has 2 aromatic carbocycles. The first-order valence-corrected chi connectivity index (χ1v) is 8.14. The second kappa shape index (κ2) is 7.36. The van der Waals surface area contributed by atoms with Gasteiger partial charge >= 0.3 is 0 Å². The van der Waals surface area contributed by atoms with Crippen LogP contribution in [0.3, 0.4) is 0 Å². The van der Waals surface area contributed by atoms with Gasteiger partial charge in [0.05, 0.1) is 12.7 Å². The highest BCUT2D eigenvalue weighted by molar-refractivity contribution is 6.02. The molecule has 1 aliphatic rings. The van der Waals surface area contributed by atoms with E-state index in [4.69, 9.17) is 15.2 Å². The summed E-state index contributed by atoms with van der Waals surface area (Å²) in [6.45, 7) is 1.84. The lowest BCUT2D eigenvalue weighted by Gasteiger charge is -2.26. The Bertz CT molecular complexity index is 710. The van der Waals surface area contributed by atoms with Crippen LogP contribution in [0.2, 0.25) is 0 Å². The molecular weight excluding hydrogens is 304 g/mol. The Labute approximate surface area is 141 Å². The number of hydrogen-bond acceptors (Lipinski definition) is 4. The summed E-state index contributed by atoms with van der Waals surface area (Å²) in [6, 6.07) is 13.1. The second-order valence-corrected chi connectivity index (χ2v) is 5.82. The van der Waals surface area contributed by atoms with E-state index < -0.39 is 5.91 Å². The lowest BCUT2D eigenvalue weighted by molar-refractivity contribution is 0.0999. The number of methoxy groups -OCH3 is 1. The maximum absolute atomic E-state index is 12.0. The van der Waals surface area contributed by atoms with Gasteiger partial charge in [-0.15, -0.1) is 0 Å². The number of ether oxygens (including phenoxy) is 2. The van der Waals surface area contributed by atoms with Gasteiger partial charge in [0.15, 0.2) is 11.5 Å². The zero-order valence-corrected chi connectivity index (χ0v) is 13.7. The molecule has 5 nitrogen and oxygen atoms in total. The summed E-state index contributed by atoms with van der Waals surface area (Å²) in [5, 5.41) is 3.32. The summed E-state index contributed by atoms with van der Waals surface area (Å²) >= 11 is 0. The molecule has 0 radical (unpaired) electrons. The van der Waals surface area contributed by atoms with Gasteiger partial charge < -0.3 is 20.5 Å². The van der Waals surface area contributed by atoms with E-state index in [2.05, 4.69) is 5.32 Å². The van der Waals surface area contributed by atoms with Crippen LogP contribution >= 0.6 is 0 Å². The van der Waals surface area contributed by atoms with Crippen molar-refractivity contribution in [3.8, 4) is 22.6 Å². The van der Waals surface area contributed by atoms with Gasteiger partial charge in [0.25, 0.3) is 0 Å². The number of piperidine rings is 1. The predicted molar refractivity (Wildman–Crippen MR) is 93.5 cm³/mol. The van der Waals surface area contributed by atoms with Gasteiger partial charge in [-0.25, -0.2) is 0 Å². The Hall–Kier alpha value is -2.53. The summed E-state index contributed by atoms with van der Waals surface area (Å²) < 4.78 is 11.8. The molecule has 1 fully saturated rings. The topological polar surface area (TPSA) is 73.6 Å². The molecule has 5 heteroatoms. The molecule has 0 spiro atoms. The van der Waals surface area contributed by atoms with Crippen molar-refractivity contribution >= 4 is 5.91 Å².